The van der Waals surface area contributed by atoms with Crippen molar-refractivity contribution in [2.24, 2.45) is 0 Å². The minimum Gasteiger partial charge on any atom is -0.478 e. The first-order valence-electron chi connectivity index (χ1n) is 4.17. The van der Waals surface area contributed by atoms with Crippen LogP contribution in [0.3, 0.4) is 0 Å². The number of hydrogen-bond donors (Lipinski definition) is 3. The summed E-state index contributed by atoms with van der Waals surface area (Å²) in [6.45, 7) is 0. The van der Waals surface area contributed by atoms with E-state index < -0.39 is 5.97 Å². The first kappa shape index (κ1) is 9.15. The SMILES string of the molecule is O=C(O)c1cccc2[nH]c(CS)cc12. The van der Waals surface area contributed by atoms with Gasteiger partial charge in [-0.05, 0) is 18.2 Å². The molecule has 0 unspecified atom stereocenters. The Morgan fingerprint density at radius 1 is 1.50 bits per heavy atom. The lowest BCUT2D eigenvalue weighted by molar-refractivity contribution is 0.0699. The van der Waals surface area contributed by atoms with Gasteiger partial charge in [-0.3, -0.25) is 0 Å². The largest absolute Gasteiger partial charge is 0.478 e. The van der Waals surface area contributed by atoms with Crippen molar-refractivity contribution in [3.05, 3.63) is 35.5 Å². The number of carbonyl (C=O) groups is 1. The molecule has 0 saturated heterocycles. The van der Waals surface area contributed by atoms with Crippen LogP contribution in [0.2, 0.25) is 0 Å². The molecule has 0 aliphatic carbocycles. The Kier molecular flexibility index (Phi) is 2.21. The van der Waals surface area contributed by atoms with E-state index in [0.29, 0.717) is 11.3 Å². The van der Waals surface area contributed by atoms with Crippen LogP contribution < -0.4 is 0 Å². The molecule has 0 bridgehead atoms. The minimum atomic E-state index is -0.902. The van der Waals surface area contributed by atoms with E-state index in [2.05, 4.69) is 17.6 Å². The maximum Gasteiger partial charge on any atom is 0.336 e. The Morgan fingerprint density at radius 2 is 2.29 bits per heavy atom. The second-order valence-corrected chi connectivity index (χ2v) is 3.34. The highest BCUT2D eigenvalue weighted by atomic mass is 32.1. The molecule has 2 N–H and O–H groups in total. The number of carboxylic acids is 1. The fourth-order valence-electron chi connectivity index (χ4n) is 1.48. The standard InChI is InChI=1S/C10H9NO2S/c12-10(13)7-2-1-3-9-8(7)4-6(5-14)11-9/h1-4,11,14H,5H2,(H,12,13). The molecule has 0 aliphatic rings. The molecule has 2 aromatic rings. The monoisotopic (exact) mass is 207 g/mol. The molecule has 3 nitrogen and oxygen atoms in total. The van der Waals surface area contributed by atoms with Crippen LogP contribution in [0.4, 0.5) is 0 Å². The number of H-pyrrole nitrogens is 1. The van der Waals surface area contributed by atoms with Gasteiger partial charge < -0.3 is 10.1 Å². The minimum absolute atomic E-state index is 0.326. The molecule has 0 saturated carbocycles. The van der Waals surface area contributed by atoms with Gasteiger partial charge in [-0.2, -0.15) is 12.6 Å². The molecule has 0 fully saturated rings. The molecule has 0 aliphatic heterocycles. The number of aromatic amines is 1. The van der Waals surface area contributed by atoms with Gasteiger partial charge in [-0.25, -0.2) is 4.79 Å². The highest BCUT2D eigenvalue weighted by molar-refractivity contribution is 7.79. The Morgan fingerprint density at radius 3 is 2.93 bits per heavy atom. The molecule has 14 heavy (non-hydrogen) atoms. The van der Waals surface area contributed by atoms with Crippen LogP contribution >= 0.6 is 12.6 Å². The number of nitrogens with one attached hydrogen (secondary N) is 1. The molecule has 0 atom stereocenters. The summed E-state index contributed by atoms with van der Waals surface area (Å²) >= 11 is 4.13. The van der Waals surface area contributed by atoms with Crippen molar-refractivity contribution in [2.45, 2.75) is 5.75 Å². The van der Waals surface area contributed by atoms with Gasteiger partial charge in [0.25, 0.3) is 0 Å². The predicted molar refractivity (Wildman–Crippen MR) is 57.9 cm³/mol. The van der Waals surface area contributed by atoms with Gasteiger partial charge in [-0.1, -0.05) is 6.07 Å². The van der Waals surface area contributed by atoms with Crippen molar-refractivity contribution in [1.82, 2.24) is 4.98 Å². The van der Waals surface area contributed by atoms with Gasteiger partial charge in [-0.15, -0.1) is 0 Å². The molecular formula is C10H9NO2S. The number of benzene rings is 1. The third-order valence-corrected chi connectivity index (χ3v) is 2.46. The van der Waals surface area contributed by atoms with Crippen LogP contribution in [0, 0.1) is 0 Å². The molecule has 72 valence electrons. The Hall–Kier alpha value is -1.42. The molecule has 2 rings (SSSR count). The zero-order valence-corrected chi connectivity index (χ0v) is 8.21. The topological polar surface area (TPSA) is 53.1 Å². The van der Waals surface area contributed by atoms with Gasteiger partial charge in [0.2, 0.25) is 0 Å². The molecule has 1 heterocycles. The molecule has 1 aromatic carbocycles. The number of aromatic nitrogens is 1. The Bertz CT molecular complexity index is 490. The maximum atomic E-state index is 10.9. The van der Waals surface area contributed by atoms with Gasteiger partial charge in [0.05, 0.1) is 5.56 Å². The van der Waals surface area contributed by atoms with Crippen LogP contribution in [0.5, 0.6) is 0 Å². The van der Waals surface area contributed by atoms with Gasteiger partial charge in [0.15, 0.2) is 0 Å². The van der Waals surface area contributed by atoms with Crippen molar-refractivity contribution in [3.63, 3.8) is 0 Å². The summed E-state index contributed by atoms with van der Waals surface area (Å²) in [6.07, 6.45) is 0. The second-order valence-electron chi connectivity index (χ2n) is 3.02. The van der Waals surface area contributed by atoms with Gasteiger partial charge >= 0.3 is 5.97 Å². The van der Waals surface area contributed by atoms with E-state index in [1.165, 1.54) is 0 Å². The summed E-state index contributed by atoms with van der Waals surface area (Å²) in [7, 11) is 0. The third-order valence-electron chi connectivity index (χ3n) is 2.12. The predicted octanol–water partition coefficient (Wildman–Crippen LogP) is 2.30. The van der Waals surface area contributed by atoms with Crippen LogP contribution in [0.1, 0.15) is 16.1 Å². The van der Waals surface area contributed by atoms with Crippen LogP contribution in [0.25, 0.3) is 10.9 Å². The van der Waals surface area contributed by atoms with Crippen LogP contribution in [-0.2, 0) is 5.75 Å². The average molecular weight is 207 g/mol. The van der Waals surface area contributed by atoms with E-state index in [-0.39, 0.29) is 0 Å². The summed E-state index contributed by atoms with van der Waals surface area (Å²) in [6, 6.07) is 7.01. The second kappa shape index (κ2) is 3.38. The lowest BCUT2D eigenvalue weighted by Crippen LogP contribution is -1.95. The van der Waals surface area contributed by atoms with E-state index >= 15 is 0 Å². The summed E-state index contributed by atoms with van der Waals surface area (Å²) < 4.78 is 0. The van der Waals surface area contributed by atoms with E-state index in [1.807, 2.05) is 12.1 Å². The van der Waals surface area contributed by atoms with Gasteiger partial charge in [0, 0.05) is 22.3 Å². The molecular weight excluding hydrogens is 198 g/mol. The van der Waals surface area contributed by atoms with E-state index in [1.54, 1.807) is 12.1 Å². The van der Waals surface area contributed by atoms with Crippen molar-refractivity contribution >= 4 is 29.5 Å². The third kappa shape index (κ3) is 1.37. The summed E-state index contributed by atoms with van der Waals surface area (Å²) in [5.41, 5.74) is 2.10. The highest BCUT2D eigenvalue weighted by Crippen LogP contribution is 2.20. The van der Waals surface area contributed by atoms with Gasteiger partial charge in [0.1, 0.15) is 0 Å². The molecule has 0 amide bonds. The lowest BCUT2D eigenvalue weighted by atomic mass is 10.1. The molecule has 4 heteroatoms. The number of aromatic carboxylic acids is 1. The Balaban J connectivity index is 2.73. The summed E-state index contributed by atoms with van der Waals surface area (Å²) in [4.78, 5) is 14.0. The van der Waals surface area contributed by atoms with Crippen molar-refractivity contribution < 1.29 is 9.90 Å². The van der Waals surface area contributed by atoms with E-state index in [9.17, 15) is 4.79 Å². The normalized spacial score (nSPS) is 10.6. The zero-order chi connectivity index (χ0) is 10.1. The number of carboxylic acid groups (broad SMARTS) is 1. The number of thiol groups is 1. The fourth-order valence-corrected chi connectivity index (χ4v) is 1.66. The first-order valence-corrected chi connectivity index (χ1v) is 4.80. The smallest absolute Gasteiger partial charge is 0.336 e. The maximum absolute atomic E-state index is 10.9. The quantitative estimate of drug-likeness (QED) is 0.662. The fraction of sp³-hybridized carbons (Fsp3) is 0.100. The Labute approximate surface area is 86.2 Å². The molecule has 1 aromatic heterocycles. The van der Waals surface area contributed by atoms with E-state index in [4.69, 9.17) is 5.11 Å². The number of fused-ring (bicyclic) bond motifs is 1. The summed E-state index contributed by atoms with van der Waals surface area (Å²) in [5, 5.41) is 9.67. The summed E-state index contributed by atoms with van der Waals surface area (Å²) in [5.74, 6) is -0.325. The van der Waals surface area contributed by atoms with E-state index in [0.717, 1.165) is 16.6 Å². The average Bonchev–Trinajstić information content (AvgIpc) is 2.59. The first-order chi connectivity index (χ1) is 6.72. The van der Waals surface area contributed by atoms with Crippen molar-refractivity contribution in [3.8, 4) is 0 Å². The van der Waals surface area contributed by atoms with Crippen molar-refractivity contribution in [2.75, 3.05) is 0 Å². The molecule has 0 radical (unpaired) electrons. The van der Waals surface area contributed by atoms with Crippen LogP contribution in [-0.4, -0.2) is 16.1 Å². The highest BCUT2D eigenvalue weighted by Gasteiger charge is 2.09. The lowest BCUT2D eigenvalue weighted by Gasteiger charge is -1.94. The number of rotatable bonds is 2. The van der Waals surface area contributed by atoms with Crippen molar-refractivity contribution in [1.29, 1.82) is 0 Å². The molecule has 0 spiro atoms. The zero-order valence-electron chi connectivity index (χ0n) is 7.32. The van der Waals surface area contributed by atoms with Crippen LogP contribution in [0.15, 0.2) is 24.3 Å². The number of hydrogen-bond acceptors (Lipinski definition) is 2.